The van der Waals surface area contributed by atoms with E-state index in [-0.39, 0.29) is 5.97 Å². The molecule has 2 aliphatic rings. The van der Waals surface area contributed by atoms with Gasteiger partial charge in [-0.25, -0.2) is 0 Å². The second kappa shape index (κ2) is 5.18. The molecular weight excluding hydrogens is 260 g/mol. The van der Waals surface area contributed by atoms with E-state index in [4.69, 9.17) is 4.74 Å². The van der Waals surface area contributed by atoms with Crippen LogP contribution in [0.15, 0.2) is 42.5 Å². The number of fused-ring (bicyclic) bond motifs is 3. The molecule has 0 saturated heterocycles. The topological polar surface area (TPSA) is 26.3 Å². The molecule has 3 atom stereocenters. The van der Waals surface area contributed by atoms with Gasteiger partial charge in [0, 0.05) is 0 Å². The summed E-state index contributed by atoms with van der Waals surface area (Å²) in [6.45, 7) is 5.68. The van der Waals surface area contributed by atoms with Gasteiger partial charge in [0.2, 0.25) is 0 Å². The van der Waals surface area contributed by atoms with Gasteiger partial charge in [0.1, 0.15) is 5.60 Å². The van der Waals surface area contributed by atoms with Crippen LogP contribution in [0.3, 0.4) is 0 Å². The molecule has 0 spiro atoms. The van der Waals surface area contributed by atoms with Crippen LogP contribution in [0.2, 0.25) is 0 Å². The third-order valence-corrected chi connectivity index (χ3v) is 4.05. The van der Waals surface area contributed by atoms with Crippen molar-refractivity contribution in [3.63, 3.8) is 0 Å². The first-order valence-electron chi connectivity index (χ1n) is 7.61. The summed E-state index contributed by atoms with van der Waals surface area (Å²) in [5.41, 5.74) is 2.37. The molecule has 0 amide bonds. The molecule has 1 aromatic rings. The highest BCUT2D eigenvalue weighted by Gasteiger charge is 2.49. The molecule has 1 aromatic carbocycles. The van der Waals surface area contributed by atoms with Gasteiger partial charge in [0.05, 0.1) is 6.42 Å². The lowest BCUT2D eigenvalue weighted by Crippen LogP contribution is -2.23. The fourth-order valence-corrected chi connectivity index (χ4v) is 3.16. The van der Waals surface area contributed by atoms with Crippen LogP contribution in [-0.4, -0.2) is 11.6 Å². The largest absolute Gasteiger partial charge is 0.460 e. The molecule has 2 aliphatic carbocycles. The van der Waals surface area contributed by atoms with Gasteiger partial charge in [-0.15, -0.1) is 0 Å². The Kier molecular flexibility index (Phi) is 3.48. The van der Waals surface area contributed by atoms with Gasteiger partial charge in [0.25, 0.3) is 0 Å². The predicted octanol–water partition coefficient (Wildman–Crippen LogP) is 4.33. The van der Waals surface area contributed by atoms with Crippen molar-refractivity contribution in [2.75, 3.05) is 0 Å². The van der Waals surface area contributed by atoms with E-state index >= 15 is 0 Å². The monoisotopic (exact) mass is 282 g/mol. The number of allylic oxidation sites excluding steroid dienone is 2. The molecule has 2 nitrogen and oxygen atoms in total. The van der Waals surface area contributed by atoms with Crippen LogP contribution >= 0.6 is 0 Å². The Balaban J connectivity index is 1.59. The van der Waals surface area contributed by atoms with E-state index in [1.54, 1.807) is 0 Å². The highest BCUT2D eigenvalue weighted by molar-refractivity contribution is 5.71. The van der Waals surface area contributed by atoms with Crippen LogP contribution in [0.4, 0.5) is 0 Å². The summed E-state index contributed by atoms with van der Waals surface area (Å²) in [5.74, 6) is 1.58. The van der Waals surface area contributed by atoms with E-state index in [0.29, 0.717) is 24.2 Å². The first-order chi connectivity index (χ1) is 9.96. The van der Waals surface area contributed by atoms with Crippen molar-refractivity contribution in [3.05, 3.63) is 53.6 Å². The Hall–Kier alpha value is -1.83. The van der Waals surface area contributed by atoms with Crippen molar-refractivity contribution in [1.29, 1.82) is 0 Å². The number of hydrogen-bond acceptors (Lipinski definition) is 2. The smallest absolute Gasteiger partial charge is 0.310 e. The Morgan fingerprint density at radius 1 is 1.29 bits per heavy atom. The van der Waals surface area contributed by atoms with Crippen molar-refractivity contribution >= 4 is 12.0 Å². The molecule has 1 fully saturated rings. The second-order valence-corrected chi connectivity index (χ2v) is 6.89. The van der Waals surface area contributed by atoms with Crippen molar-refractivity contribution < 1.29 is 9.53 Å². The summed E-state index contributed by atoms with van der Waals surface area (Å²) < 4.78 is 5.31. The summed E-state index contributed by atoms with van der Waals surface area (Å²) in [6.07, 6.45) is 9.03. The zero-order chi connectivity index (χ0) is 15.0. The number of rotatable bonds is 3. The first-order valence-corrected chi connectivity index (χ1v) is 7.61. The number of ether oxygens (including phenoxy) is 1. The Morgan fingerprint density at radius 2 is 2.05 bits per heavy atom. The number of esters is 1. The molecule has 0 aromatic heterocycles. The van der Waals surface area contributed by atoms with E-state index in [1.807, 2.05) is 26.8 Å². The SMILES string of the molecule is CC(C)(C)OC(=O)C/C=C\[C@H]1[C@@H]2C=Cc3ccccc3[C@@H]21. The lowest BCUT2D eigenvalue weighted by Gasteiger charge is -2.18. The van der Waals surface area contributed by atoms with Gasteiger partial charge in [-0.3, -0.25) is 4.79 Å². The molecule has 0 unspecified atom stereocenters. The number of carbonyl (C=O) groups is 1. The molecule has 0 aliphatic heterocycles. The lowest BCUT2D eigenvalue weighted by molar-refractivity contribution is -0.153. The van der Waals surface area contributed by atoms with Crippen molar-refractivity contribution in [1.82, 2.24) is 0 Å². The van der Waals surface area contributed by atoms with Crippen molar-refractivity contribution in [3.8, 4) is 0 Å². The molecule has 0 radical (unpaired) electrons. The average Bonchev–Trinajstić information content (AvgIpc) is 3.11. The zero-order valence-electron chi connectivity index (χ0n) is 12.9. The van der Waals surface area contributed by atoms with Gasteiger partial charge in [0.15, 0.2) is 0 Å². The molecule has 0 N–H and O–H groups in total. The van der Waals surface area contributed by atoms with Crippen LogP contribution in [0, 0.1) is 11.8 Å². The van der Waals surface area contributed by atoms with E-state index in [9.17, 15) is 4.79 Å². The van der Waals surface area contributed by atoms with Gasteiger partial charge in [-0.05, 0) is 49.7 Å². The highest BCUT2D eigenvalue weighted by Crippen LogP contribution is 2.58. The Morgan fingerprint density at radius 3 is 2.81 bits per heavy atom. The van der Waals surface area contributed by atoms with Crippen LogP contribution < -0.4 is 0 Å². The number of hydrogen-bond donors (Lipinski definition) is 0. The standard InChI is InChI=1S/C19H22O2/c1-19(2,3)21-17(20)10-6-9-15-16-12-11-13-7-4-5-8-14(13)18(15)16/h4-9,11-12,15-16,18H,10H2,1-3H3/b9-6-/t15-,16-,18+/m0/s1. The van der Waals surface area contributed by atoms with Crippen molar-refractivity contribution in [2.24, 2.45) is 11.8 Å². The summed E-state index contributed by atoms with van der Waals surface area (Å²) in [6, 6.07) is 8.58. The number of benzene rings is 1. The fraction of sp³-hybridized carbons (Fsp3) is 0.421. The van der Waals surface area contributed by atoms with Gasteiger partial charge in [-0.2, -0.15) is 0 Å². The first kappa shape index (κ1) is 14.1. The normalized spacial score (nSPS) is 26.3. The van der Waals surface area contributed by atoms with Gasteiger partial charge >= 0.3 is 5.97 Å². The minimum atomic E-state index is -0.403. The molecule has 21 heavy (non-hydrogen) atoms. The number of carbonyl (C=O) groups excluding carboxylic acids is 1. The second-order valence-electron chi connectivity index (χ2n) is 6.89. The summed E-state index contributed by atoms with van der Waals surface area (Å²) in [5, 5.41) is 0. The molecule has 1 saturated carbocycles. The Bertz CT molecular complexity index is 604. The summed E-state index contributed by atoms with van der Waals surface area (Å²) in [7, 11) is 0. The lowest BCUT2D eigenvalue weighted by atomic mass is 9.97. The van der Waals surface area contributed by atoms with E-state index in [2.05, 4.69) is 42.5 Å². The van der Waals surface area contributed by atoms with Crippen LogP contribution in [0.1, 0.15) is 44.2 Å². The van der Waals surface area contributed by atoms with Gasteiger partial charge in [-0.1, -0.05) is 48.6 Å². The fourth-order valence-electron chi connectivity index (χ4n) is 3.16. The summed E-state index contributed by atoms with van der Waals surface area (Å²) in [4.78, 5) is 11.7. The third kappa shape index (κ3) is 3.10. The molecule has 0 heterocycles. The van der Waals surface area contributed by atoms with Crippen molar-refractivity contribution in [2.45, 2.75) is 38.7 Å². The maximum atomic E-state index is 11.7. The molecule has 0 bridgehead atoms. The maximum absolute atomic E-state index is 11.7. The molecular formula is C19H22O2. The minimum absolute atomic E-state index is 0.154. The molecule has 3 rings (SSSR count). The predicted molar refractivity (Wildman–Crippen MR) is 84.8 cm³/mol. The molecule has 110 valence electrons. The summed E-state index contributed by atoms with van der Waals surface area (Å²) >= 11 is 0. The van der Waals surface area contributed by atoms with E-state index < -0.39 is 5.60 Å². The minimum Gasteiger partial charge on any atom is -0.460 e. The molecule has 2 heteroatoms. The van der Waals surface area contributed by atoms with Crippen LogP contribution in [-0.2, 0) is 9.53 Å². The van der Waals surface area contributed by atoms with Crippen LogP contribution in [0.25, 0.3) is 6.08 Å². The van der Waals surface area contributed by atoms with Gasteiger partial charge < -0.3 is 4.74 Å². The van der Waals surface area contributed by atoms with Crippen LogP contribution in [0.5, 0.6) is 0 Å². The van der Waals surface area contributed by atoms with E-state index in [1.165, 1.54) is 11.1 Å². The quantitative estimate of drug-likeness (QED) is 0.609. The Labute approximate surface area is 126 Å². The zero-order valence-corrected chi connectivity index (χ0v) is 12.9. The van der Waals surface area contributed by atoms with E-state index in [0.717, 1.165) is 0 Å². The third-order valence-electron chi connectivity index (χ3n) is 4.05. The average molecular weight is 282 g/mol. The highest BCUT2D eigenvalue weighted by atomic mass is 16.6. The maximum Gasteiger partial charge on any atom is 0.310 e.